The van der Waals surface area contributed by atoms with E-state index in [0.29, 0.717) is 12.0 Å². The maximum absolute atomic E-state index is 13.1. The molecule has 1 aromatic carbocycles. The van der Waals surface area contributed by atoms with Crippen LogP contribution in [0.5, 0.6) is 0 Å². The van der Waals surface area contributed by atoms with Crippen LogP contribution < -0.4 is 5.32 Å². The van der Waals surface area contributed by atoms with E-state index in [9.17, 15) is 4.39 Å². The zero-order valence-electron chi connectivity index (χ0n) is 12.2. The summed E-state index contributed by atoms with van der Waals surface area (Å²) < 4.78 is 14.0. The van der Waals surface area contributed by atoms with Gasteiger partial charge < -0.3 is 5.32 Å². The number of hydrogen-bond donors (Lipinski definition) is 1. The summed E-state index contributed by atoms with van der Waals surface area (Å²) in [6.45, 7) is 7.75. The average molecular weight is 330 g/mol. The van der Waals surface area contributed by atoms with Crippen LogP contribution in [0.3, 0.4) is 0 Å². The summed E-state index contributed by atoms with van der Waals surface area (Å²) >= 11 is 3.46. The topological polar surface area (TPSA) is 12.0 Å². The zero-order chi connectivity index (χ0) is 14.3. The fraction of sp³-hybridized carbons (Fsp3) is 0.625. The van der Waals surface area contributed by atoms with Crippen molar-refractivity contribution < 1.29 is 4.39 Å². The van der Waals surface area contributed by atoms with E-state index in [1.807, 2.05) is 6.07 Å². The third-order valence-electron chi connectivity index (χ3n) is 3.55. The van der Waals surface area contributed by atoms with Crippen molar-refractivity contribution in [2.75, 3.05) is 6.54 Å². The first-order valence-corrected chi connectivity index (χ1v) is 8.03. The highest BCUT2D eigenvalue weighted by molar-refractivity contribution is 9.10. The highest BCUT2D eigenvalue weighted by Crippen LogP contribution is 2.22. The van der Waals surface area contributed by atoms with E-state index in [4.69, 9.17) is 0 Å². The summed E-state index contributed by atoms with van der Waals surface area (Å²) in [4.78, 5) is 0. The molecule has 0 fully saturated rings. The van der Waals surface area contributed by atoms with Gasteiger partial charge in [0.25, 0.3) is 0 Å². The Kier molecular flexibility index (Phi) is 7.62. The normalized spacial score (nSPS) is 14.4. The third kappa shape index (κ3) is 6.05. The number of halogens is 2. The monoisotopic (exact) mass is 329 g/mol. The molecule has 0 heterocycles. The second kappa shape index (κ2) is 8.70. The Bertz CT molecular complexity index is 381. The predicted octanol–water partition coefficient (Wildman–Crippen LogP) is 4.94. The van der Waals surface area contributed by atoms with Crippen LogP contribution >= 0.6 is 15.9 Å². The number of rotatable bonds is 8. The summed E-state index contributed by atoms with van der Waals surface area (Å²) in [5.41, 5.74) is 1.18. The Labute approximate surface area is 125 Å². The van der Waals surface area contributed by atoms with Gasteiger partial charge in [0.2, 0.25) is 0 Å². The lowest BCUT2D eigenvalue weighted by atomic mass is 9.94. The molecular weight excluding hydrogens is 305 g/mol. The second-order valence-electron chi connectivity index (χ2n) is 5.34. The summed E-state index contributed by atoms with van der Waals surface area (Å²) in [6.07, 6.45) is 4.46. The molecule has 1 aromatic rings. The number of hydrogen-bond acceptors (Lipinski definition) is 1. The van der Waals surface area contributed by atoms with E-state index in [1.165, 1.54) is 18.4 Å². The highest BCUT2D eigenvalue weighted by atomic mass is 79.9. The van der Waals surface area contributed by atoms with Gasteiger partial charge >= 0.3 is 0 Å². The first-order valence-electron chi connectivity index (χ1n) is 7.24. The number of nitrogens with one attached hydrogen (secondary N) is 1. The number of benzene rings is 1. The van der Waals surface area contributed by atoms with E-state index >= 15 is 0 Å². The van der Waals surface area contributed by atoms with E-state index in [2.05, 4.69) is 42.0 Å². The molecule has 19 heavy (non-hydrogen) atoms. The van der Waals surface area contributed by atoms with Gasteiger partial charge in [-0.1, -0.05) is 49.2 Å². The summed E-state index contributed by atoms with van der Waals surface area (Å²) in [6, 6.07) is 5.45. The fourth-order valence-corrected chi connectivity index (χ4v) is 2.71. The Morgan fingerprint density at radius 3 is 2.63 bits per heavy atom. The van der Waals surface area contributed by atoms with Gasteiger partial charge in [0.15, 0.2) is 0 Å². The molecule has 2 atom stereocenters. The van der Waals surface area contributed by atoms with Gasteiger partial charge in [-0.2, -0.15) is 0 Å². The van der Waals surface area contributed by atoms with Crippen LogP contribution in [0, 0.1) is 11.7 Å². The van der Waals surface area contributed by atoms with Crippen LogP contribution in [0.15, 0.2) is 22.7 Å². The van der Waals surface area contributed by atoms with E-state index in [1.54, 1.807) is 12.1 Å². The van der Waals surface area contributed by atoms with Gasteiger partial charge in [0.05, 0.1) is 0 Å². The molecule has 1 nitrogen and oxygen atoms in total. The van der Waals surface area contributed by atoms with Gasteiger partial charge in [-0.05, 0) is 49.4 Å². The molecule has 0 spiro atoms. The fourth-order valence-electron chi connectivity index (χ4n) is 2.19. The first kappa shape index (κ1) is 16.6. The Balaban J connectivity index is 2.69. The molecule has 0 bridgehead atoms. The summed E-state index contributed by atoms with van der Waals surface area (Å²) in [7, 11) is 0. The smallest absolute Gasteiger partial charge is 0.124 e. The van der Waals surface area contributed by atoms with Gasteiger partial charge in [0, 0.05) is 10.5 Å². The SMILES string of the molecule is CCCNC(Cc1ccc(F)cc1Br)CC(C)CC. The van der Waals surface area contributed by atoms with E-state index in [-0.39, 0.29) is 5.82 Å². The quantitative estimate of drug-likeness (QED) is 0.712. The minimum absolute atomic E-state index is 0.185. The van der Waals surface area contributed by atoms with Gasteiger partial charge in [-0.15, -0.1) is 0 Å². The molecule has 0 amide bonds. The molecular formula is C16H25BrFN. The van der Waals surface area contributed by atoms with Crippen molar-refractivity contribution in [1.29, 1.82) is 0 Å². The first-order chi connectivity index (χ1) is 9.06. The Hall–Kier alpha value is -0.410. The van der Waals surface area contributed by atoms with Crippen molar-refractivity contribution in [2.45, 2.75) is 52.5 Å². The second-order valence-corrected chi connectivity index (χ2v) is 6.19. The van der Waals surface area contributed by atoms with Crippen LogP contribution in [-0.2, 0) is 6.42 Å². The molecule has 0 aliphatic heterocycles. The zero-order valence-corrected chi connectivity index (χ0v) is 13.8. The van der Waals surface area contributed by atoms with Gasteiger partial charge in [-0.3, -0.25) is 0 Å². The van der Waals surface area contributed by atoms with Crippen molar-refractivity contribution in [1.82, 2.24) is 5.32 Å². The molecule has 0 saturated heterocycles. The van der Waals surface area contributed by atoms with Crippen LogP contribution in [0.2, 0.25) is 0 Å². The average Bonchev–Trinajstić information content (AvgIpc) is 2.38. The van der Waals surface area contributed by atoms with Crippen molar-refractivity contribution in [3.63, 3.8) is 0 Å². The molecule has 1 rings (SSSR count). The van der Waals surface area contributed by atoms with Crippen LogP contribution in [-0.4, -0.2) is 12.6 Å². The standard InChI is InChI=1S/C16H25BrFN/c1-4-8-19-15(9-12(3)5-2)10-13-6-7-14(18)11-16(13)17/h6-7,11-12,15,19H,4-5,8-10H2,1-3H3. The largest absolute Gasteiger partial charge is 0.314 e. The minimum atomic E-state index is -0.185. The van der Waals surface area contributed by atoms with E-state index < -0.39 is 0 Å². The molecule has 0 radical (unpaired) electrons. The maximum atomic E-state index is 13.1. The molecule has 3 heteroatoms. The highest BCUT2D eigenvalue weighted by Gasteiger charge is 2.14. The predicted molar refractivity (Wildman–Crippen MR) is 84.0 cm³/mol. The van der Waals surface area contributed by atoms with Gasteiger partial charge in [-0.25, -0.2) is 4.39 Å². The van der Waals surface area contributed by atoms with Crippen LogP contribution in [0.25, 0.3) is 0 Å². The Morgan fingerprint density at radius 1 is 1.32 bits per heavy atom. The molecule has 1 N–H and O–H groups in total. The molecule has 0 saturated carbocycles. The molecule has 0 aliphatic rings. The molecule has 0 aromatic heterocycles. The molecule has 108 valence electrons. The molecule has 0 aliphatic carbocycles. The maximum Gasteiger partial charge on any atom is 0.124 e. The van der Waals surface area contributed by atoms with Crippen LogP contribution in [0.1, 0.15) is 45.6 Å². The Morgan fingerprint density at radius 2 is 2.05 bits per heavy atom. The summed E-state index contributed by atoms with van der Waals surface area (Å²) in [5, 5.41) is 3.61. The van der Waals surface area contributed by atoms with Crippen molar-refractivity contribution in [3.8, 4) is 0 Å². The van der Waals surface area contributed by atoms with Crippen molar-refractivity contribution in [3.05, 3.63) is 34.1 Å². The van der Waals surface area contributed by atoms with Crippen LogP contribution in [0.4, 0.5) is 4.39 Å². The third-order valence-corrected chi connectivity index (χ3v) is 4.29. The lowest BCUT2D eigenvalue weighted by molar-refractivity contribution is 0.391. The summed E-state index contributed by atoms with van der Waals surface area (Å²) in [5.74, 6) is 0.532. The van der Waals surface area contributed by atoms with Crippen molar-refractivity contribution in [2.24, 2.45) is 5.92 Å². The minimum Gasteiger partial charge on any atom is -0.314 e. The lowest BCUT2D eigenvalue weighted by Gasteiger charge is -2.22. The van der Waals surface area contributed by atoms with Crippen molar-refractivity contribution >= 4 is 15.9 Å². The van der Waals surface area contributed by atoms with E-state index in [0.717, 1.165) is 23.9 Å². The molecule has 2 unspecified atom stereocenters. The van der Waals surface area contributed by atoms with Gasteiger partial charge in [0.1, 0.15) is 5.82 Å². The lowest BCUT2D eigenvalue weighted by Crippen LogP contribution is -2.33.